The maximum absolute atomic E-state index is 13.4. The van der Waals surface area contributed by atoms with E-state index in [4.69, 9.17) is 4.74 Å². The van der Waals surface area contributed by atoms with E-state index in [0.717, 1.165) is 23.4 Å². The number of carbonyl (C=O) groups excluding carboxylic acids is 1. The first-order valence-corrected chi connectivity index (χ1v) is 9.56. The second-order valence-corrected chi connectivity index (χ2v) is 7.34. The molecule has 28 heavy (non-hydrogen) atoms. The molecule has 0 bridgehead atoms. The van der Waals surface area contributed by atoms with Gasteiger partial charge in [0.1, 0.15) is 5.75 Å². The van der Waals surface area contributed by atoms with Gasteiger partial charge in [-0.2, -0.15) is 0 Å². The fraction of sp³-hybridized carbons (Fsp3) is 0.250. The van der Waals surface area contributed by atoms with Gasteiger partial charge < -0.3 is 9.30 Å². The molecule has 0 saturated carbocycles. The minimum Gasteiger partial charge on any atom is -0.497 e. The predicted molar refractivity (Wildman–Crippen MR) is 104 cm³/mol. The van der Waals surface area contributed by atoms with Crippen LogP contribution in [0.3, 0.4) is 0 Å². The number of thioether (sulfide) groups is 1. The van der Waals surface area contributed by atoms with Crippen LogP contribution in [0.4, 0.5) is 8.78 Å². The number of carbonyl (C=O) groups is 1. The van der Waals surface area contributed by atoms with Gasteiger partial charge in [-0.1, -0.05) is 11.8 Å². The third kappa shape index (κ3) is 4.06. The quantitative estimate of drug-likeness (QED) is 0.426. The highest BCUT2D eigenvalue weighted by molar-refractivity contribution is 8.00. The molecule has 0 aliphatic rings. The number of methoxy groups -OCH3 is 1. The Kier molecular flexibility index (Phi) is 6.08. The minimum absolute atomic E-state index is 0.122. The van der Waals surface area contributed by atoms with Crippen molar-refractivity contribution < 1.29 is 18.3 Å². The summed E-state index contributed by atoms with van der Waals surface area (Å²) in [4.78, 5) is 12.6. The van der Waals surface area contributed by atoms with Gasteiger partial charge in [-0.05, 0) is 56.3 Å². The highest BCUT2D eigenvalue weighted by Gasteiger charge is 2.22. The van der Waals surface area contributed by atoms with Crippen LogP contribution < -0.4 is 4.74 Å². The van der Waals surface area contributed by atoms with Gasteiger partial charge in [0, 0.05) is 17.7 Å². The Morgan fingerprint density at radius 2 is 1.86 bits per heavy atom. The molecular formula is C20H19F2N3O2S. The Morgan fingerprint density at radius 3 is 2.46 bits per heavy atom. The number of aromatic nitrogens is 3. The van der Waals surface area contributed by atoms with Crippen molar-refractivity contribution in [1.82, 2.24) is 14.8 Å². The molecule has 1 atom stereocenters. The monoisotopic (exact) mass is 403 g/mol. The molecule has 0 amide bonds. The summed E-state index contributed by atoms with van der Waals surface area (Å²) < 4.78 is 33.6. The lowest BCUT2D eigenvalue weighted by molar-refractivity contribution is 0.0993. The number of nitrogens with zero attached hydrogens (tertiary/aromatic N) is 3. The van der Waals surface area contributed by atoms with Crippen molar-refractivity contribution in [3.63, 3.8) is 0 Å². The fourth-order valence-electron chi connectivity index (χ4n) is 2.71. The topological polar surface area (TPSA) is 57.0 Å². The van der Waals surface area contributed by atoms with Gasteiger partial charge in [0.05, 0.1) is 12.4 Å². The highest BCUT2D eigenvalue weighted by Crippen LogP contribution is 2.29. The molecule has 1 heterocycles. The van der Waals surface area contributed by atoms with E-state index in [1.807, 2.05) is 35.8 Å². The summed E-state index contributed by atoms with van der Waals surface area (Å²) in [6.07, 6.45) is 0. The first kappa shape index (κ1) is 20.0. The van der Waals surface area contributed by atoms with Crippen LogP contribution in [0.1, 0.15) is 24.2 Å². The first-order valence-electron chi connectivity index (χ1n) is 8.68. The molecule has 0 spiro atoms. The summed E-state index contributed by atoms with van der Waals surface area (Å²) >= 11 is 1.23. The van der Waals surface area contributed by atoms with E-state index in [9.17, 15) is 13.6 Å². The number of ketones is 1. The summed E-state index contributed by atoms with van der Waals surface area (Å²) in [5.41, 5.74) is 0.999. The lowest BCUT2D eigenvalue weighted by Gasteiger charge is -2.12. The van der Waals surface area contributed by atoms with Crippen molar-refractivity contribution in [2.75, 3.05) is 7.11 Å². The van der Waals surface area contributed by atoms with Crippen molar-refractivity contribution in [1.29, 1.82) is 0 Å². The molecule has 0 N–H and O–H groups in total. The maximum Gasteiger partial charge on any atom is 0.192 e. The minimum atomic E-state index is -1.04. The van der Waals surface area contributed by atoms with Crippen LogP contribution >= 0.6 is 11.8 Å². The lowest BCUT2D eigenvalue weighted by atomic mass is 10.1. The van der Waals surface area contributed by atoms with Crippen molar-refractivity contribution in [2.45, 2.75) is 30.8 Å². The van der Waals surface area contributed by atoms with E-state index >= 15 is 0 Å². The van der Waals surface area contributed by atoms with Crippen LogP contribution in [0.25, 0.3) is 11.4 Å². The number of halogens is 2. The number of hydrogen-bond donors (Lipinski definition) is 0. The Hall–Kier alpha value is -2.74. The normalized spacial score (nSPS) is 12.0. The highest BCUT2D eigenvalue weighted by atomic mass is 32.2. The molecule has 1 aromatic heterocycles. The van der Waals surface area contributed by atoms with E-state index in [-0.39, 0.29) is 11.3 Å². The van der Waals surface area contributed by atoms with E-state index in [0.29, 0.717) is 17.5 Å². The average molecular weight is 403 g/mol. The standard InChI is InChI=1S/C20H19F2N3O2S/c1-4-25-19(13-5-8-15(27-3)9-6-13)23-24-20(25)28-12(2)18(26)14-7-10-16(21)17(22)11-14/h5-12H,4H2,1-3H3. The number of benzene rings is 2. The molecule has 1 unspecified atom stereocenters. The van der Waals surface area contributed by atoms with Crippen LogP contribution in [0, 0.1) is 11.6 Å². The predicted octanol–water partition coefficient (Wildman–Crippen LogP) is 4.62. The molecule has 0 aliphatic heterocycles. The Bertz CT molecular complexity index is 990. The van der Waals surface area contributed by atoms with Crippen LogP contribution in [0.5, 0.6) is 5.75 Å². The van der Waals surface area contributed by atoms with Gasteiger partial charge in [-0.25, -0.2) is 8.78 Å². The molecule has 146 valence electrons. The number of ether oxygens (including phenoxy) is 1. The second kappa shape index (κ2) is 8.52. The zero-order valence-electron chi connectivity index (χ0n) is 15.6. The molecule has 8 heteroatoms. The second-order valence-electron chi connectivity index (χ2n) is 6.03. The lowest BCUT2D eigenvalue weighted by Crippen LogP contribution is -2.15. The summed E-state index contributed by atoms with van der Waals surface area (Å²) in [5, 5.41) is 8.51. The van der Waals surface area contributed by atoms with E-state index in [1.165, 1.54) is 17.8 Å². The zero-order chi connectivity index (χ0) is 20.3. The molecule has 0 saturated heterocycles. The molecule has 2 aromatic carbocycles. The summed E-state index contributed by atoms with van der Waals surface area (Å²) in [5.74, 6) is -0.902. The largest absolute Gasteiger partial charge is 0.497 e. The van der Waals surface area contributed by atoms with E-state index in [2.05, 4.69) is 10.2 Å². The third-order valence-corrected chi connectivity index (χ3v) is 5.32. The fourth-order valence-corrected chi connectivity index (χ4v) is 3.70. The van der Waals surface area contributed by atoms with Gasteiger partial charge in [0.25, 0.3) is 0 Å². The van der Waals surface area contributed by atoms with Crippen molar-refractivity contribution >= 4 is 17.5 Å². The molecule has 3 rings (SSSR count). The molecule has 3 aromatic rings. The molecule has 0 aliphatic carbocycles. The molecule has 0 fully saturated rings. The van der Waals surface area contributed by atoms with Crippen molar-refractivity contribution in [3.8, 4) is 17.1 Å². The van der Waals surface area contributed by atoms with Gasteiger partial charge >= 0.3 is 0 Å². The smallest absolute Gasteiger partial charge is 0.192 e. The summed E-state index contributed by atoms with van der Waals surface area (Å²) in [6, 6.07) is 10.6. The average Bonchev–Trinajstić information content (AvgIpc) is 3.11. The van der Waals surface area contributed by atoms with Crippen LogP contribution in [-0.2, 0) is 6.54 Å². The zero-order valence-corrected chi connectivity index (χ0v) is 16.5. The molecule has 0 radical (unpaired) electrons. The van der Waals surface area contributed by atoms with Gasteiger partial charge in [-0.3, -0.25) is 4.79 Å². The Balaban J connectivity index is 1.82. The third-order valence-electron chi connectivity index (χ3n) is 4.24. The van der Waals surface area contributed by atoms with Crippen molar-refractivity contribution in [2.24, 2.45) is 0 Å². The van der Waals surface area contributed by atoms with Gasteiger partial charge in [-0.15, -0.1) is 10.2 Å². The van der Waals surface area contributed by atoms with Crippen LogP contribution in [0.15, 0.2) is 47.6 Å². The molecule has 5 nitrogen and oxygen atoms in total. The van der Waals surface area contributed by atoms with E-state index < -0.39 is 16.9 Å². The Morgan fingerprint density at radius 1 is 1.14 bits per heavy atom. The SMILES string of the molecule is CCn1c(SC(C)C(=O)c2ccc(F)c(F)c2)nnc1-c1ccc(OC)cc1. The van der Waals surface area contributed by atoms with Gasteiger partial charge in [0.2, 0.25) is 0 Å². The van der Waals surface area contributed by atoms with Gasteiger partial charge in [0.15, 0.2) is 28.4 Å². The molecular weight excluding hydrogens is 384 g/mol. The van der Waals surface area contributed by atoms with Crippen molar-refractivity contribution in [3.05, 3.63) is 59.7 Å². The summed E-state index contributed by atoms with van der Waals surface area (Å²) in [7, 11) is 1.60. The summed E-state index contributed by atoms with van der Waals surface area (Å²) in [6.45, 7) is 4.28. The first-order chi connectivity index (χ1) is 13.4. The maximum atomic E-state index is 13.4. The van der Waals surface area contributed by atoms with Crippen LogP contribution in [-0.4, -0.2) is 32.9 Å². The number of hydrogen-bond acceptors (Lipinski definition) is 5. The number of rotatable bonds is 7. The Labute approximate surface area is 165 Å². The van der Waals surface area contributed by atoms with Crippen LogP contribution in [0.2, 0.25) is 0 Å². The number of Topliss-reactive ketones (excluding diaryl/α,β-unsaturated/α-hetero) is 1. The van der Waals surface area contributed by atoms with E-state index in [1.54, 1.807) is 14.0 Å².